The van der Waals surface area contributed by atoms with Gasteiger partial charge in [0.05, 0.1) is 18.5 Å². The van der Waals surface area contributed by atoms with Crippen molar-refractivity contribution in [1.82, 2.24) is 15.0 Å². The standard InChI is InChI=1S/C19H22N4O2/c1-14(2)23-20-13-18(22-23)21-19(24)12-16(17-9-6-10-25-17)11-15-7-4-3-5-8-15/h3-10,13-14,16H,11-12H2,1-2H3,(H,21,22,24). The lowest BCUT2D eigenvalue weighted by Crippen LogP contribution is -2.17. The number of anilines is 1. The van der Waals surface area contributed by atoms with E-state index in [1.54, 1.807) is 17.3 Å². The van der Waals surface area contributed by atoms with E-state index in [-0.39, 0.29) is 17.9 Å². The maximum Gasteiger partial charge on any atom is 0.226 e. The summed E-state index contributed by atoms with van der Waals surface area (Å²) in [7, 11) is 0. The number of rotatable bonds is 7. The van der Waals surface area contributed by atoms with Gasteiger partial charge in [-0.15, -0.1) is 5.10 Å². The van der Waals surface area contributed by atoms with E-state index in [0.29, 0.717) is 12.2 Å². The zero-order valence-electron chi connectivity index (χ0n) is 14.4. The summed E-state index contributed by atoms with van der Waals surface area (Å²) in [5, 5.41) is 11.2. The number of hydrogen-bond acceptors (Lipinski definition) is 4. The van der Waals surface area contributed by atoms with E-state index in [4.69, 9.17) is 4.42 Å². The van der Waals surface area contributed by atoms with Crippen molar-refractivity contribution >= 4 is 11.7 Å². The number of carbonyl (C=O) groups excluding carboxylic acids is 1. The van der Waals surface area contributed by atoms with Crippen LogP contribution in [0.15, 0.2) is 59.3 Å². The van der Waals surface area contributed by atoms with Crippen LogP contribution in [0.3, 0.4) is 0 Å². The zero-order chi connectivity index (χ0) is 17.6. The van der Waals surface area contributed by atoms with Crippen molar-refractivity contribution in [2.75, 3.05) is 5.32 Å². The van der Waals surface area contributed by atoms with Crippen molar-refractivity contribution in [3.63, 3.8) is 0 Å². The first-order valence-electron chi connectivity index (χ1n) is 8.41. The van der Waals surface area contributed by atoms with Crippen molar-refractivity contribution < 1.29 is 9.21 Å². The molecule has 6 heteroatoms. The summed E-state index contributed by atoms with van der Waals surface area (Å²) in [4.78, 5) is 14.0. The Bertz CT molecular complexity index is 794. The first-order valence-corrected chi connectivity index (χ1v) is 8.41. The third-order valence-electron chi connectivity index (χ3n) is 3.94. The van der Waals surface area contributed by atoms with Gasteiger partial charge in [-0.3, -0.25) is 4.79 Å². The summed E-state index contributed by atoms with van der Waals surface area (Å²) in [5.74, 6) is 1.15. The topological polar surface area (TPSA) is 73.0 Å². The van der Waals surface area contributed by atoms with Crippen molar-refractivity contribution in [3.8, 4) is 0 Å². The van der Waals surface area contributed by atoms with Gasteiger partial charge in [0, 0.05) is 12.3 Å². The molecule has 0 aliphatic heterocycles. The molecular weight excluding hydrogens is 316 g/mol. The minimum Gasteiger partial charge on any atom is -0.469 e. The number of nitrogens with one attached hydrogen (secondary N) is 1. The molecule has 0 fully saturated rings. The van der Waals surface area contributed by atoms with Gasteiger partial charge >= 0.3 is 0 Å². The third-order valence-corrected chi connectivity index (χ3v) is 3.94. The molecule has 3 aromatic rings. The monoisotopic (exact) mass is 338 g/mol. The highest BCUT2D eigenvalue weighted by Gasteiger charge is 2.20. The first-order chi connectivity index (χ1) is 12.1. The molecule has 1 aromatic carbocycles. The number of nitrogens with zero attached hydrogens (tertiary/aromatic N) is 3. The second-order valence-electron chi connectivity index (χ2n) is 6.30. The fourth-order valence-corrected chi connectivity index (χ4v) is 2.70. The number of aromatic nitrogens is 3. The van der Waals surface area contributed by atoms with Crippen LogP contribution in [0.1, 0.15) is 43.6 Å². The second-order valence-corrected chi connectivity index (χ2v) is 6.30. The fraction of sp³-hybridized carbons (Fsp3) is 0.316. The maximum absolute atomic E-state index is 12.5. The van der Waals surface area contributed by atoms with E-state index >= 15 is 0 Å². The average molecular weight is 338 g/mol. The van der Waals surface area contributed by atoms with E-state index < -0.39 is 0 Å². The van der Waals surface area contributed by atoms with Gasteiger partial charge in [-0.1, -0.05) is 30.3 Å². The molecule has 0 aliphatic carbocycles. The predicted octanol–water partition coefficient (Wildman–Crippen LogP) is 3.81. The van der Waals surface area contributed by atoms with Gasteiger partial charge in [-0.05, 0) is 38.0 Å². The van der Waals surface area contributed by atoms with Gasteiger partial charge in [0.15, 0.2) is 5.82 Å². The van der Waals surface area contributed by atoms with E-state index in [0.717, 1.165) is 12.2 Å². The Morgan fingerprint density at radius 3 is 2.64 bits per heavy atom. The number of furan rings is 1. The summed E-state index contributed by atoms with van der Waals surface area (Å²) in [6, 6.07) is 14.0. The molecule has 130 valence electrons. The molecule has 6 nitrogen and oxygen atoms in total. The maximum atomic E-state index is 12.5. The van der Waals surface area contributed by atoms with E-state index in [2.05, 4.69) is 27.6 Å². The Hall–Kier alpha value is -2.89. The molecule has 0 saturated carbocycles. The highest BCUT2D eigenvalue weighted by molar-refractivity contribution is 5.90. The Kier molecular flexibility index (Phi) is 5.28. The molecule has 1 N–H and O–H groups in total. The first kappa shape index (κ1) is 17.0. The molecule has 1 amide bonds. The van der Waals surface area contributed by atoms with Crippen LogP contribution in [0.4, 0.5) is 5.82 Å². The molecule has 2 heterocycles. The quantitative estimate of drug-likeness (QED) is 0.711. The molecule has 0 aliphatic rings. The Morgan fingerprint density at radius 2 is 2.00 bits per heavy atom. The van der Waals surface area contributed by atoms with Crippen molar-refractivity contribution in [2.45, 2.75) is 38.6 Å². The van der Waals surface area contributed by atoms with Crippen LogP contribution in [-0.2, 0) is 11.2 Å². The molecule has 0 radical (unpaired) electrons. The molecule has 1 unspecified atom stereocenters. The minimum absolute atomic E-state index is 0.0301. The van der Waals surface area contributed by atoms with Gasteiger partial charge in [-0.2, -0.15) is 9.90 Å². The van der Waals surface area contributed by atoms with Crippen molar-refractivity contribution in [1.29, 1.82) is 0 Å². The lowest BCUT2D eigenvalue weighted by Gasteiger charge is -2.14. The summed E-state index contributed by atoms with van der Waals surface area (Å²) in [6.07, 6.45) is 4.26. The molecule has 25 heavy (non-hydrogen) atoms. The smallest absolute Gasteiger partial charge is 0.226 e. The van der Waals surface area contributed by atoms with Crippen LogP contribution < -0.4 is 5.32 Å². The molecule has 0 saturated heterocycles. The highest BCUT2D eigenvalue weighted by atomic mass is 16.3. The molecule has 0 spiro atoms. The summed E-state index contributed by atoms with van der Waals surface area (Å²) >= 11 is 0. The van der Waals surface area contributed by atoms with Gasteiger partial charge in [0.25, 0.3) is 0 Å². The van der Waals surface area contributed by atoms with Crippen LogP contribution in [0.2, 0.25) is 0 Å². The normalized spacial score (nSPS) is 12.3. The Morgan fingerprint density at radius 1 is 1.20 bits per heavy atom. The van der Waals surface area contributed by atoms with Gasteiger partial charge in [0.1, 0.15) is 5.76 Å². The predicted molar refractivity (Wildman–Crippen MR) is 95.2 cm³/mol. The number of amides is 1. The van der Waals surface area contributed by atoms with Crippen LogP contribution in [-0.4, -0.2) is 20.9 Å². The van der Waals surface area contributed by atoms with E-state index in [1.807, 2.05) is 44.2 Å². The van der Waals surface area contributed by atoms with Gasteiger partial charge < -0.3 is 9.73 Å². The molecule has 3 rings (SSSR count). The summed E-state index contributed by atoms with van der Waals surface area (Å²) in [5.41, 5.74) is 1.17. The van der Waals surface area contributed by atoms with Gasteiger partial charge in [-0.25, -0.2) is 0 Å². The number of hydrogen-bond donors (Lipinski definition) is 1. The number of carbonyl (C=O) groups is 1. The number of benzene rings is 1. The van der Waals surface area contributed by atoms with Crippen LogP contribution in [0.25, 0.3) is 0 Å². The fourth-order valence-electron chi connectivity index (χ4n) is 2.70. The van der Waals surface area contributed by atoms with Crippen LogP contribution in [0.5, 0.6) is 0 Å². The Balaban J connectivity index is 1.68. The summed E-state index contributed by atoms with van der Waals surface area (Å²) < 4.78 is 5.54. The Labute approximate surface area is 146 Å². The lowest BCUT2D eigenvalue weighted by atomic mass is 9.93. The molecular formula is C19H22N4O2. The second kappa shape index (κ2) is 7.79. The SMILES string of the molecule is CC(C)n1ncc(NC(=O)CC(Cc2ccccc2)c2ccco2)n1. The van der Waals surface area contributed by atoms with Crippen molar-refractivity contribution in [3.05, 3.63) is 66.2 Å². The van der Waals surface area contributed by atoms with E-state index in [1.165, 1.54) is 5.56 Å². The van der Waals surface area contributed by atoms with Crippen LogP contribution in [0, 0.1) is 0 Å². The van der Waals surface area contributed by atoms with Gasteiger partial charge in [0.2, 0.25) is 5.91 Å². The third kappa shape index (κ3) is 4.56. The minimum atomic E-state index is -0.104. The molecule has 2 aromatic heterocycles. The molecule has 1 atom stereocenters. The lowest BCUT2D eigenvalue weighted by molar-refractivity contribution is -0.116. The summed E-state index contributed by atoms with van der Waals surface area (Å²) in [6.45, 7) is 3.97. The van der Waals surface area contributed by atoms with Crippen LogP contribution >= 0.6 is 0 Å². The largest absolute Gasteiger partial charge is 0.469 e. The van der Waals surface area contributed by atoms with E-state index in [9.17, 15) is 4.79 Å². The van der Waals surface area contributed by atoms with Crippen molar-refractivity contribution in [2.24, 2.45) is 0 Å². The average Bonchev–Trinajstić information content (AvgIpc) is 3.27. The highest BCUT2D eigenvalue weighted by Crippen LogP contribution is 2.25. The zero-order valence-corrected chi connectivity index (χ0v) is 14.4. The molecule has 0 bridgehead atoms.